The second-order valence-corrected chi connectivity index (χ2v) is 5.59. The van der Waals surface area contributed by atoms with Crippen LogP contribution in [0.5, 0.6) is 0 Å². The summed E-state index contributed by atoms with van der Waals surface area (Å²) < 4.78 is 0. The van der Waals surface area contributed by atoms with Crippen molar-refractivity contribution >= 4 is 21.5 Å². The van der Waals surface area contributed by atoms with Gasteiger partial charge in [0.15, 0.2) is 0 Å². The Hall–Kier alpha value is -2.68. The van der Waals surface area contributed by atoms with Gasteiger partial charge in [-0.2, -0.15) is 0 Å². The molecule has 2 nitrogen and oxygen atoms in total. The Morgan fingerprint density at radius 3 is 1.25 bits per heavy atom. The molecule has 0 aliphatic rings. The maximum absolute atomic E-state index is 9.04. The van der Waals surface area contributed by atoms with Crippen molar-refractivity contribution < 1.29 is 10.2 Å². The first-order chi connectivity index (χ1) is 11.8. The fourth-order valence-electron chi connectivity index (χ4n) is 2.86. The Labute approximate surface area is 141 Å². The second kappa shape index (κ2) is 7.73. The van der Waals surface area contributed by atoms with Gasteiger partial charge in [0.05, 0.1) is 13.2 Å². The van der Waals surface area contributed by atoms with Crippen molar-refractivity contribution in [1.29, 1.82) is 0 Å². The van der Waals surface area contributed by atoms with Crippen molar-refractivity contribution in [2.24, 2.45) is 0 Å². The maximum Gasteiger partial charge on any atom is 0.0687 e. The molecule has 2 heteroatoms. The molecule has 0 aromatic heterocycles. The molecular weight excluding hydrogens is 296 g/mol. The van der Waals surface area contributed by atoms with Crippen LogP contribution in [-0.2, 0) is 13.2 Å². The van der Waals surface area contributed by atoms with Crippen molar-refractivity contribution in [3.05, 3.63) is 96.1 Å². The molecule has 4 aromatic carbocycles. The average molecular weight is 316 g/mol. The van der Waals surface area contributed by atoms with Crippen LogP contribution in [0.25, 0.3) is 21.5 Å². The molecule has 0 amide bonds. The molecule has 0 fully saturated rings. The van der Waals surface area contributed by atoms with E-state index in [-0.39, 0.29) is 13.2 Å². The van der Waals surface area contributed by atoms with Gasteiger partial charge < -0.3 is 10.2 Å². The SMILES string of the molecule is OCc1cccc2ccccc12.OCc1cccc2ccccc12. The molecule has 0 atom stereocenters. The first-order valence-electron chi connectivity index (χ1n) is 7.98. The van der Waals surface area contributed by atoms with Crippen LogP contribution in [0.1, 0.15) is 11.1 Å². The van der Waals surface area contributed by atoms with Crippen molar-refractivity contribution in [3.63, 3.8) is 0 Å². The number of aliphatic hydroxyl groups is 2. The van der Waals surface area contributed by atoms with Gasteiger partial charge in [-0.1, -0.05) is 84.9 Å². The Bertz CT molecular complexity index is 855. The molecule has 0 unspecified atom stereocenters. The first kappa shape index (κ1) is 16.2. The third kappa shape index (κ3) is 3.46. The standard InChI is InChI=1S/2C11H10O/c2*12-8-10-6-3-5-9-4-1-2-7-11(9)10/h2*1-7,12H,8H2. The zero-order valence-corrected chi connectivity index (χ0v) is 13.4. The lowest BCUT2D eigenvalue weighted by molar-refractivity contribution is 0.283. The second-order valence-electron chi connectivity index (χ2n) is 5.59. The third-order valence-corrected chi connectivity index (χ3v) is 4.10. The summed E-state index contributed by atoms with van der Waals surface area (Å²) in [6, 6.07) is 28.1. The number of rotatable bonds is 2. The molecule has 0 saturated carbocycles. The maximum atomic E-state index is 9.04. The summed E-state index contributed by atoms with van der Waals surface area (Å²) in [4.78, 5) is 0. The zero-order valence-electron chi connectivity index (χ0n) is 13.4. The van der Waals surface area contributed by atoms with Crippen LogP contribution < -0.4 is 0 Å². The normalized spacial score (nSPS) is 10.4. The molecule has 0 saturated heterocycles. The van der Waals surface area contributed by atoms with Crippen LogP contribution >= 0.6 is 0 Å². The van der Waals surface area contributed by atoms with Crippen molar-refractivity contribution in [2.75, 3.05) is 0 Å². The lowest BCUT2D eigenvalue weighted by atomic mass is 10.1. The highest BCUT2D eigenvalue weighted by atomic mass is 16.3. The van der Waals surface area contributed by atoms with Crippen LogP contribution in [0.2, 0.25) is 0 Å². The van der Waals surface area contributed by atoms with E-state index in [9.17, 15) is 0 Å². The van der Waals surface area contributed by atoms with Gasteiger partial charge in [-0.25, -0.2) is 0 Å². The largest absolute Gasteiger partial charge is 0.392 e. The van der Waals surface area contributed by atoms with E-state index in [1.807, 2.05) is 60.7 Å². The fraction of sp³-hybridized carbons (Fsp3) is 0.0909. The molecule has 0 radical (unpaired) electrons. The van der Waals surface area contributed by atoms with Crippen molar-refractivity contribution in [3.8, 4) is 0 Å². The highest BCUT2D eigenvalue weighted by Crippen LogP contribution is 2.18. The van der Waals surface area contributed by atoms with Crippen LogP contribution in [0.15, 0.2) is 84.9 Å². The van der Waals surface area contributed by atoms with E-state index >= 15 is 0 Å². The van der Waals surface area contributed by atoms with E-state index in [1.54, 1.807) is 0 Å². The highest BCUT2D eigenvalue weighted by molar-refractivity contribution is 5.86. The molecule has 0 aliphatic carbocycles. The van der Waals surface area contributed by atoms with E-state index in [1.165, 1.54) is 10.8 Å². The summed E-state index contributed by atoms with van der Waals surface area (Å²) in [5.74, 6) is 0. The van der Waals surface area contributed by atoms with Crippen molar-refractivity contribution in [2.45, 2.75) is 13.2 Å². The number of hydrogen-bond acceptors (Lipinski definition) is 2. The zero-order chi connectivity index (χ0) is 16.8. The summed E-state index contributed by atoms with van der Waals surface area (Å²) >= 11 is 0. The number of hydrogen-bond donors (Lipinski definition) is 2. The Morgan fingerprint density at radius 2 is 0.833 bits per heavy atom. The van der Waals surface area contributed by atoms with Gasteiger partial charge in [-0.3, -0.25) is 0 Å². The average Bonchev–Trinajstić information content (AvgIpc) is 2.67. The minimum Gasteiger partial charge on any atom is -0.392 e. The molecule has 0 heterocycles. The van der Waals surface area contributed by atoms with Gasteiger partial charge in [0.2, 0.25) is 0 Å². The molecule has 4 rings (SSSR count). The molecule has 24 heavy (non-hydrogen) atoms. The topological polar surface area (TPSA) is 40.5 Å². The molecule has 0 spiro atoms. The first-order valence-corrected chi connectivity index (χ1v) is 7.98. The van der Waals surface area contributed by atoms with Crippen LogP contribution in [0.4, 0.5) is 0 Å². The number of aliphatic hydroxyl groups excluding tert-OH is 2. The third-order valence-electron chi connectivity index (χ3n) is 4.10. The Morgan fingerprint density at radius 1 is 0.458 bits per heavy atom. The van der Waals surface area contributed by atoms with E-state index in [0.29, 0.717) is 0 Å². The molecule has 120 valence electrons. The minimum atomic E-state index is 0.112. The highest BCUT2D eigenvalue weighted by Gasteiger charge is 1.97. The van der Waals surface area contributed by atoms with Gasteiger partial charge in [0.25, 0.3) is 0 Å². The lowest BCUT2D eigenvalue weighted by Crippen LogP contribution is -1.84. The molecule has 2 N–H and O–H groups in total. The molecule has 0 aliphatic heterocycles. The Kier molecular flexibility index (Phi) is 5.22. The van der Waals surface area contributed by atoms with E-state index < -0.39 is 0 Å². The number of benzene rings is 4. The number of fused-ring (bicyclic) bond motifs is 2. The summed E-state index contributed by atoms with van der Waals surface area (Å²) in [6.45, 7) is 0.225. The summed E-state index contributed by atoms with van der Waals surface area (Å²) in [5.41, 5.74) is 1.99. The molecule has 4 aromatic rings. The van der Waals surface area contributed by atoms with Gasteiger partial charge in [0, 0.05) is 0 Å². The lowest BCUT2D eigenvalue weighted by Gasteiger charge is -2.01. The van der Waals surface area contributed by atoms with Gasteiger partial charge in [-0.05, 0) is 32.7 Å². The quantitative estimate of drug-likeness (QED) is 0.564. The van der Waals surface area contributed by atoms with Crippen LogP contribution in [0.3, 0.4) is 0 Å². The summed E-state index contributed by atoms with van der Waals surface area (Å²) in [6.07, 6.45) is 0. The van der Waals surface area contributed by atoms with Crippen LogP contribution in [-0.4, -0.2) is 10.2 Å². The van der Waals surface area contributed by atoms with E-state index in [0.717, 1.165) is 21.9 Å². The van der Waals surface area contributed by atoms with E-state index in [4.69, 9.17) is 10.2 Å². The predicted molar refractivity (Wildman–Crippen MR) is 99.7 cm³/mol. The smallest absolute Gasteiger partial charge is 0.0687 e. The monoisotopic (exact) mass is 316 g/mol. The van der Waals surface area contributed by atoms with Gasteiger partial charge in [0.1, 0.15) is 0 Å². The fourth-order valence-corrected chi connectivity index (χ4v) is 2.86. The Balaban J connectivity index is 0.000000141. The van der Waals surface area contributed by atoms with E-state index in [2.05, 4.69) is 24.3 Å². The van der Waals surface area contributed by atoms with Gasteiger partial charge >= 0.3 is 0 Å². The van der Waals surface area contributed by atoms with Gasteiger partial charge in [-0.15, -0.1) is 0 Å². The summed E-state index contributed by atoms with van der Waals surface area (Å²) in [7, 11) is 0. The molecular formula is C22H20O2. The van der Waals surface area contributed by atoms with Crippen molar-refractivity contribution in [1.82, 2.24) is 0 Å². The summed E-state index contributed by atoms with van der Waals surface area (Å²) in [5, 5.41) is 22.7. The predicted octanol–water partition coefficient (Wildman–Crippen LogP) is 4.66. The minimum absolute atomic E-state index is 0.112. The molecule has 0 bridgehead atoms. The van der Waals surface area contributed by atoms with Crippen LogP contribution in [0, 0.1) is 0 Å².